The summed E-state index contributed by atoms with van der Waals surface area (Å²) >= 11 is 1.67. The number of thioether (sulfide) groups is 1. The molecule has 0 saturated heterocycles. The molecule has 94 valence electrons. The zero-order valence-corrected chi connectivity index (χ0v) is 11.1. The SMILES string of the molecule is CSc1ccc(-c2nc3ccccc3c(=O)o2)cc1. The summed E-state index contributed by atoms with van der Waals surface area (Å²) in [6.45, 7) is 0. The summed E-state index contributed by atoms with van der Waals surface area (Å²) in [6.07, 6.45) is 2.02. The highest BCUT2D eigenvalue weighted by Gasteiger charge is 2.07. The number of fused-ring (bicyclic) bond motifs is 1. The molecule has 0 aliphatic heterocycles. The number of nitrogens with zero attached hydrogens (tertiary/aromatic N) is 1. The second-order valence-corrected chi connectivity index (χ2v) is 4.93. The van der Waals surface area contributed by atoms with Gasteiger partial charge in [-0.05, 0) is 42.7 Å². The van der Waals surface area contributed by atoms with Crippen molar-refractivity contribution in [3.05, 3.63) is 59.0 Å². The monoisotopic (exact) mass is 269 g/mol. The van der Waals surface area contributed by atoms with E-state index in [4.69, 9.17) is 4.42 Å². The molecule has 1 aromatic heterocycles. The van der Waals surface area contributed by atoms with Crippen LogP contribution in [0.1, 0.15) is 0 Å². The Morgan fingerprint density at radius 2 is 1.79 bits per heavy atom. The molecule has 0 aliphatic rings. The van der Waals surface area contributed by atoms with Gasteiger partial charge in [0.05, 0.1) is 10.9 Å². The highest BCUT2D eigenvalue weighted by atomic mass is 32.2. The van der Waals surface area contributed by atoms with E-state index in [2.05, 4.69) is 4.98 Å². The molecule has 19 heavy (non-hydrogen) atoms. The molecule has 0 radical (unpaired) electrons. The summed E-state index contributed by atoms with van der Waals surface area (Å²) in [4.78, 5) is 17.4. The van der Waals surface area contributed by atoms with E-state index in [0.29, 0.717) is 16.8 Å². The molecular formula is C15H11NO2S. The molecule has 0 unspecified atom stereocenters. The van der Waals surface area contributed by atoms with Gasteiger partial charge in [-0.25, -0.2) is 9.78 Å². The first-order valence-electron chi connectivity index (χ1n) is 5.82. The number of rotatable bonds is 2. The van der Waals surface area contributed by atoms with Gasteiger partial charge in [0.15, 0.2) is 0 Å². The van der Waals surface area contributed by atoms with Crippen LogP contribution in [0.5, 0.6) is 0 Å². The van der Waals surface area contributed by atoms with Gasteiger partial charge >= 0.3 is 5.63 Å². The average Bonchev–Trinajstić information content (AvgIpc) is 2.47. The van der Waals surface area contributed by atoms with E-state index in [0.717, 1.165) is 10.5 Å². The average molecular weight is 269 g/mol. The topological polar surface area (TPSA) is 43.1 Å². The maximum atomic E-state index is 11.9. The van der Waals surface area contributed by atoms with Crippen molar-refractivity contribution in [2.45, 2.75) is 4.90 Å². The standard InChI is InChI=1S/C15H11NO2S/c1-19-11-8-6-10(7-9-11)14-16-13-5-3-2-4-12(13)15(17)18-14/h2-9H,1H3. The quantitative estimate of drug-likeness (QED) is 0.667. The lowest BCUT2D eigenvalue weighted by Crippen LogP contribution is -2.02. The first kappa shape index (κ1) is 12.0. The number of aromatic nitrogens is 1. The summed E-state index contributed by atoms with van der Waals surface area (Å²) in [5.41, 5.74) is 1.11. The summed E-state index contributed by atoms with van der Waals surface area (Å²) in [5, 5.41) is 0.506. The number of para-hydroxylation sites is 1. The van der Waals surface area contributed by atoms with E-state index in [1.165, 1.54) is 0 Å². The molecule has 3 rings (SSSR count). The Kier molecular flexibility index (Phi) is 3.09. The Morgan fingerprint density at radius 1 is 1.05 bits per heavy atom. The van der Waals surface area contributed by atoms with E-state index in [-0.39, 0.29) is 5.63 Å². The first-order chi connectivity index (χ1) is 9.28. The molecule has 0 saturated carbocycles. The van der Waals surface area contributed by atoms with Crippen molar-refractivity contribution in [1.29, 1.82) is 0 Å². The minimum Gasteiger partial charge on any atom is -0.403 e. The predicted molar refractivity (Wildman–Crippen MR) is 77.5 cm³/mol. The third-order valence-electron chi connectivity index (χ3n) is 2.87. The normalized spacial score (nSPS) is 10.8. The molecule has 0 bridgehead atoms. The van der Waals surface area contributed by atoms with Crippen LogP contribution >= 0.6 is 11.8 Å². The van der Waals surface area contributed by atoms with Crippen LogP contribution in [0.25, 0.3) is 22.4 Å². The van der Waals surface area contributed by atoms with Gasteiger partial charge in [0.1, 0.15) is 0 Å². The number of hydrogen-bond donors (Lipinski definition) is 0. The molecule has 0 spiro atoms. The fourth-order valence-electron chi connectivity index (χ4n) is 1.88. The zero-order chi connectivity index (χ0) is 13.2. The van der Waals surface area contributed by atoms with Crippen LogP contribution in [0.15, 0.2) is 62.6 Å². The van der Waals surface area contributed by atoms with Gasteiger partial charge in [0.25, 0.3) is 0 Å². The molecule has 0 atom stereocenters. The van der Waals surface area contributed by atoms with E-state index in [9.17, 15) is 4.79 Å². The van der Waals surface area contributed by atoms with Gasteiger partial charge in [-0.1, -0.05) is 12.1 Å². The lowest BCUT2D eigenvalue weighted by atomic mass is 10.2. The van der Waals surface area contributed by atoms with Crippen LogP contribution in [0.3, 0.4) is 0 Å². The van der Waals surface area contributed by atoms with Gasteiger partial charge in [0.2, 0.25) is 5.89 Å². The molecule has 0 fully saturated rings. The Morgan fingerprint density at radius 3 is 2.53 bits per heavy atom. The number of hydrogen-bond acceptors (Lipinski definition) is 4. The molecule has 0 amide bonds. The molecule has 4 heteroatoms. The molecule has 3 aromatic rings. The van der Waals surface area contributed by atoms with Gasteiger partial charge in [-0.15, -0.1) is 11.8 Å². The van der Waals surface area contributed by atoms with E-state index < -0.39 is 0 Å². The molecule has 0 N–H and O–H groups in total. The summed E-state index contributed by atoms with van der Waals surface area (Å²) in [6, 6.07) is 15.0. The van der Waals surface area contributed by atoms with Crippen LogP contribution in [0, 0.1) is 0 Å². The molecule has 0 aliphatic carbocycles. The van der Waals surface area contributed by atoms with Crippen molar-refractivity contribution < 1.29 is 4.42 Å². The van der Waals surface area contributed by atoms with Crippen molar-refractivity contribution in [3.63, 3.8) is 0 Å². The minimum atomic E-state index is -0.352. The van der Waals surface area contributed by atoms with E-state index in [1.807, 2.05) is 42.7 Å². The Hall–Kier alpha value is -2.07. The summed E-state index contributed by atoms with van der Waals surface area (Å²) < 4.78 is 5.28. The molecule has 2 aromatic carbocycles. The largest absolute Gasteiger partial charge is 0.403 e. The van der Waals surface area contributed by atoms with E-state index >= 15 is 0 Å². The Bertz CT molecular complexity index is 778. The summed E-state index contributed by atoms with van der Waals surface area (Å²) in [5.74, 6) is 0.358. The first-order valence-corrected chi connectivity index (χ1v) is 7.05. The van der Waals surface area contributed by atoms with Gasteiger partial charge < -0.3 is 4.42 Å². The second kappa shape index (κ2) is 4.90. The smallest absolute Gasteiger partial charge is 0.347 e. The lowest BCUT2D eigenvalue weighted by Gasteiger charge is -2.02. The minimum absolute atomic E-state index is 0.352. The fourth-order valence-corrected chi connectivity index (χ4v) is 2.28. The van der Waals surface area contributed by atoms with Crippen LogP contribution < -0.4 is 5.63 Å². The maximum Gasteiger partial charge on any atom is 0.347 e. The fraction of sp³-hybridized carbons (Fsp3) is 0.0667. The van der Waals surface area contributed by atoms with Gasteiger partial charge in [0, 0.05) is 10.5 Å². The predicted octanol–water partition coefficient (Wildman–Crippen LogP) is 3.58. The Balaban J connectivity index is 2.16. The van der Waals surface area contributed by atoms with Gasteiger partial charge in [-0.3, -0.25) is 0 Å². The number of benzene rings is 2. The second-order valence-electron chi connectivity index (χ2n) is 4.05. The third kappa shape index (κ3) is 2.27. The van der Waals surface area contributed by atoms with Crippen molar-refractivity contribution in [2.75, 3.05) is 6.26 Å². The van der Waals surface area contributed by atoms with Crippen LogP contribution in [-0.4, -0.2) is 11.2 Å². The molecule has 1 heterocycles. The third-order valence-corrected chi connectivity index (χ3v) is 3.62. The van der Waals surface area contributed by atoms with Crippen molar-refractivity contribution >= 4 is 22.7 Å². The highest BCUT2D eigenvalue weighted by Crippen LogP contribution is 2.22. The lowest BCUT2D eigenvalue weighted by molar-refractivity contribution is 0.518. The van der Waals surface area contributed by atoms with Crippen LogP contribution in [0.4, 0.5) is 0 Å². The van der Waals surface area contributed by atoms with Crippen LogP contribution in [-0.2, 0) is 0 Å². The zero-order valence-electron chi connectivity index (χ0n) is 10.3. The van der Waals surface area contributed by atoms with Crippen molar-refractivity contribution in [1.82, 2.24) is 4.98 Å². The Labute approximate surface area is 114 Å². The summed E-state index contributed by atoms with van der Waals surface area (Å²) in [7, 11) is 0. The van der Waals surface area contributed by atoms with Crippen LogP contribution in [0.2, 0.25) is 0 Å². The molecular weight excluding hydrogens is 258 g/mol. The van der Waals surface area contributed by atoms with Gasteiger partial charge in [-0.2, -0.15) is 0 Å². The van der Waals surface area contributed by atoms with E-state index in [1.54, 1.807) is 23.9 Å². The maximum absolute atomic E-state index is 11.9. The molecule has 3 nitrogen and oxygen atoms in total. The highest BCUT2D eigenvalue weighted by molar-refractivity contribution is 7.98. The van der Waals surface area contributed by atoms with Crippen molar-refractivity contribution in [2.24, 2.45) is 0 Å². The van der Waals surface area contributed by atoms with Crippen molar-refractivity contribution in [3.8, 4) is 11.5 Å².